The van der Waals surface area contributed by atoms with Gasteiger partial charge in [-0.05, 0) is 42.6 Å². The molecule has 1 aromatic rings. The molecule has 0 aromatic heterocycles. The third kappa shape index (κ3) is 1.62. The summed E-state index contributed by atoms with van der Waals surface area (Å²) in [4.78, 5) is 0. The van der Waals surface area contributed by atoms with E-state index in [2.05, 4.69) is 30.4 Å². The lowest BCUT2D eigenvalue weighted by atomic mass is 9.93. The first-order chi connectivity index (χ1) is 6.85. The summed E-state index contributed by atoms with van der Waals surface area (Å²) in [5.41, 5.74) is 2.88. The molecule has 2 heteroatoms. The van der Waals surface area contributed by atoms with Gasteiger partial charge in [0.15, 0.2) is 0 Å². The minimum atomic E-state index is 0.508. The van der Waals surface area contributed by atoms with Crippen LogP contribution in [-0.2, 0) is 6.42 Å². The molecule has 2 nitrogen and oxygen atoms in total. The summed E-state index contributed by atoms with van der Waals surface area (Å²) in [6.07, 6.45) is 2.27. The van der Waals surface area contributed by atoms with Crippen LogP contribution >= 0.6 is 0 Å². The molecule has 1 unspecified atom stereocenters. The maximum absolute atomic E-state index is 5.25. The van der Waals surface area contributed by atoms with Crippen molar-refractivity contribution in [3.8, 4) is 5.75 Å². The lowest BCUT2D eigenvalue weighted by Gasteiger charge is -2.26. The fraction of sp³-hybridized carbons (Fsp3) is 0.500. The Morgan fingerprint density at radius 1 is 1.50 bits per heavy atom. The highest BCUT2D eigenvalue weighted by atomic mass is 16.5. The number of rotatable bonds is 2. The first-order valence-electron chi connectivity index (χ1n) is 5.25. The summed E-state index contributed by atoms with van der Waals surface area (Å²) in [7, 11) is 1.72. The average Bonchev–Trinajstić information content (AvgIpc) is 2.27. The Kier molecular flexibility index (Phi) is 2.73. The van der Waals surface area contributed by atoms with Crippen LogP contribution in [0.4, 0.5) is 0 Å². The molecule has 1 aliphatic rings. The zero-order chi connectivity index (χ0) is 9.97. The molecule has 1 heterocycles. The summed E-state index contributed by atoms with van der Waals surface area (Å²) >= 11 is 0. The van der Waals surface area contributed by atoms with Crippen LogP contribution in [0.5, 0.6) is 5.75 Å². The molecule has 1 N–H and O–H groups in total. The molecule has 0 saturated carbocycles. The van der Waals surface area contributed by atoms with Crippen molar-refractivity contribution in [2.24, 2.45) is 0 Å². The topological polar surface area (TPSA) is 21.3 Å². The number of methoxy groups -OCH3 is 1. The molecular weight excluding hydrogens is 174 g/mol. The molecular formula is C12H17NO. The van der Waals surface area contributed by atoms with E-state index in [-0.39, 0.29) is 0 Å². The molecule has 14 heavy (non-hydrogen) atoms. The first-order valence-corrected chi connectivity index (χ1v) is 5.25. The molecule has 0 amide bonds. The number of hydrogen-bond donors (Lipinski definition) is 1. The van der Waals surface area contributed by atoms with Crippen molar-refractivity contribution in [1.29, 1.82) is 0 Å². The van der Waals surface area contributed by atoms with Gasteiger partial charge < -0.3 is 10.1 Å². The monoisotopic (exact) mass is 191 g/mol. The van der Waals surface area contributed by atoms with Gasteiger partial charge in [-0.2, -0.15) is 0 Å². The standard InChI is InChI=1S/C12H17NO/c1-3-12-11-8-10(14-2)5-4-9(11)6-7-13-12/h4-5,8,12-13H,3,6-7H2,1-2H3. The minimum Gasteiger partial charge on any atom is -0.497 e. The predicted octanol–water partition coefficient (Wildman–Crippen LogP) is 2.29. The van der Waals surface area contributed by atoms with E-state index in [0.717, 1.165) is 25.1 Å². The Balaban J connectivity index is 2.38. The number of fused-ring (bicyclic) bond motifs is 1. The van der Waals surface area contributed by atoms with Crippen LogP contribution in [0.3, 0.4) is 0 Å². The van der Waals surface area contributed by atoms with Crippen LogP contribution in [-0.4, -0.2) is 13.7 Å². The molecule has 0 spiro atoms. The van der Waals surface area contributed by atoms with Crippen molar-refractivity contribution < 1.29 is 4.74 Å². The van der Waals surface area contributed by atoms with Crippen molar-refractivity contribution in [1.82, 2.24) is 5.32 Å². The third-order valence-electron chi connectivity index (χ3n) is 2.92. The van der Waals surface area contributed by atoms with E-state index in [9.17, 15) is 0 Å². The Morgan fingerprint density at radius 2 is 2.36 bits per heavy atom. The maximum Gasteiger partial charge on any atom is 0.119 e. The van der Waals surface area contributed by atoms with Crippen LogP contribution in [0.2, 0.25) is 0 Å². The molecule has 0 saturated heterocycles. The smallest absolute Gasteiger partial charge is 0.119 e. The van der Waals surface area contributed by atoms with Crippen molar-refractivity contribution in [2.45, 2.75) is 25.8 Å². The fourth-order valence-corrected chi connectivity index (χ4v) is 2.11. The van der Waals surface area contributed by atoms with Gasteiger partial charge >= 0.3 is 0 Å². The molecule has 0 radical (unpaired) electrons. The van der Waals surface area contributed by atoms with Gasteiger partial charge in [0.2, 0.25) is 0 Å². The van der Waals surface area contributed by atoms with E-state index < -0.39 is 0 Å². The molecule has 76 valence electrons. The van der Waals surface area contributed by atoms with Crippen molar-refractivity contribution in [2.75, 3.05) is 13.7 Å². The molecule has 0 bridgehead atoms. The van der Waals surface area contributed by atoms with E-state index >= 15 is 0 Å². The van der Waals surface area contributed by atoms with Crippen LogP contribution in [0.15, 0.2) is 18.2 Å². The van der Waals surface area contributed by atoms with Crippen LogP contribution in [0.25, 0.3) is 0 Å². The highest BCUT2D eigenvalue weighted by Crippen LogP contribution is 2.28. The van der Waals surface area contributed by atoms with Gasteiger partial charge in [-0.15, -0.1) is 0 Å². The number of hydrogen-bond acceptors (Lipinski definition) is 2. The van der Waals surface area contributed by atoms with Gasteiger partial charge in [-0.25, -0.2) is 0 Å². The summed E-state index contributed by atoms with van der Waals surface area (Å²) in [6.45, 7) is 3.31. The van der Waals surface area contributed by atoms with Crippen LogP contribution in [0.1, 0.15) is 30.5 Å². The van der Waals surface area contributed by atoms with Crippen LogP contribution in [0, 0.1) is 0 Å². The van der Waals surface area contributed by atoms with E-state index in [0.29, 0.717) is 6.04 Å². The maximum atomic E-state index is 5.25. The first kappa shape index (κ1) is 9.53. The lowest BCUT2D eigenvalue weighted by molar-refractivity contribution is 0.410. The van der Waals surface area contributed by atoms with E-state index in [1.54, 1.807) is 7.11 Å². The van der Waals surface area contributed by atoms with Gasteiger partial charge in [0.25, 0.3) is 0 Å². The average molecular weight is 191 g/mol. The Bertz CT molecular complexity index is 322. The molecule has 2 rings (SSSR count). The quantitative estimate of drug-likeness (QED) is 0.774. The minimum absolute atomic E-state index is 0.508. The number of benzene rings is 1. The Morgan fingerprint density at radius 3 is 3.07 bits per heavy atom. The zero-order valence-corrected chi connectivity index (χ0v) is 8.84. The normalized spacial score (nSPS) is 20.3. The van der Waals surface area contributed by atoms with Gasteiger partial charge in [0.05, 0.1) is 7.11 Å². The Labute approximate surface area is 85.3 Å². The second-order valence-corrected chi connectivity index (χ2v) is 3.73. The largest absolute Gasteiger partial charge is 0.497 e. The second kappa shape index (κ2) is 4.01. The number of ether oxygens (including phenoxy) is 1. The van der Waals surface area contributed by atoms with Crippen molar-refractivity contribution in [3.05, 3.63) is 29.3 Å². The molecule has 1 aromatic carbocycles. The number of nitrogens with one attached hydrogen (secondary N) is 1. The summed E-state index contributed by atoms with van der Waals surface area (Å²) < 4.78 is 5.25. The van der Waals surface area contributed by atoms with E-state index in [1.807, 2.05) is 0 Å². The van der Waals surface area contributed by atoms with E-state index in [4.69, 9.17) is 4.74 Å². The third-order valence-corrected chi connectivity index (χ3v) is 2.92. The van der Waals surface area contributed by atoms with Gasteiger partial charge in [0, 0.05) is 6.04 Å². The predicted molar refractivity (Wildman–Crippen MR) is 57.7 cm³/mol. The molecule has 0 fully saturated rings. The molecule has 1 aliphatic heterocycles. The van der Waals surface area contributed by atoms with Gasteiger partial charge in [0.1, 0.15) is 5.75 Å². The van der Waals surface area contributed by atoms with Gasteiger partial charge in [-0.1, -0.05) is 13.0 Å². The van der Waals surface area contributed by atoms with Gasteiger partial charge in [-0.3, -0.25) is 0 Å². The fourth-order valence-electron chi connectivity index (χ4n) is 2.11. The molecule has 0 aliphatic carbocycles. The zero-order valence-electron chi connectivity index (χ0n) is 8.84. The summed E-state index contributed by atoms with van der Waals surface area (Å²) in [5, 5.41) is 3.52. The van der Waals surface area contributed by atoms with Crippen molar-refractivity contribution >= 4 is 0 Å². The van der Waals surface area contributed by atoms with Crippen LogP contribution < -0.4 is 10.1 Å². The van der Waals surface area contributed by atoms with Crippen molar-refractivity contribution in [3.63, 3.8) is 0 Å². The summed E-state index contributed by atoms with van der Waals surface area (Å²) in [6, 6.07) is 6.92. The highest BCUT2D eigenvalue weighted by Gasteiger charge is 2.18. The van der Waals surface area contributed by atoms with E-state index in [1.165, 1.54) is 11.1 Å². The highest BCUT2D eigenvalue weighted by molar-refractivity contribution is 5.39. The Hall–Kier alpha value is -1.02. The SMILES string of the molecule is CCC1NCCc2ccc(OC)cc21. The molecule has 1 atom stereocenters. The lowest BCUT2D eigenvalue weighted by Crippen LogP contribution is -2.29. The summed E-state index contributed by atoms with van der Waals surface area (Å²) in [5.74, 6) is 0.964. The second-order valence-electron chi connectivity index (χ2n) is 3.73.